The van der Waals surface area contributed by atoms with E-state index in [9.17, 15) is 0 Å². The number of rotatable bonds is 1. The van der Waals surface area contributed by atoms with Crippen LogP contribution in [0.2, 0.25) is 0 Å². The molecule has 0 spiro atoms. The van der Waals surface area contributed by atoms with E-state index in [4.69, 9.17) is 20.7 Å². The van der Waals surface area contributed by atoms with Crippen LogP contribution in [-0.2, 0) is 4.74 Å². The average molecular weight is 133 g/mol. The molecule has 4 heteroatoms. The van der Waals surface area contributed by atoms with E-state index in [1.165, 1.54) is 0 Å². The van der Waals surface area contributed by atoms with Crippen LogP contribution in [0.5, 0.6) is 0 Å². The second kappa shape index (κ2) is 2.62. The van der Waals surface area contributed by atoms with Crippen LogP contribution in [0.1, 0.15) is 0 Å². The summed E-state index contributed by atoms with van der Waals surface area (Å²) < 4.78 is 4.90. The minimum Gasteiger partial charge on any atom is -0.388 e. The maximum absolute atomic E-state index is 9.00. The highest BCUT2D eigenvalue weighted by Crippen LogP contribution is 2.12. The molecule has 0 unspecified atom stereocenters. The van der Waals surface area contributed by atoms with Crippen molar-refractivity contribution in [2.75, 3.05) is 13.2 Å². The number of aliphatic hydroxyl groups is 2. The zero-order valence-corrected chi connectivity index (χ0v) is 5.03. The van der Waals surface area contributed by atoms with Gasteiger partial charge in [-0.25, -0.2) is 0 Å². The summed E-state index contributed by atoms with van der Waals surface area (Å²) in [4.78, 5) is 0. The first kappa shape index (κ1) is 6.95. The molecule has 1 saturated heterocycles. The maximum atomic E-state index is 9.00. The van der Waals surface area contributed by atoms with E-state index in [1.807, 2.05) is 0 Å². The van der Waals surface area contributed by atoms with Crippen LogP contribution in [-0.4, -0.2) is 41.7 Å². The Morgan fingerprint density at radius 1 is 1.56 bits per heavy atom. The third kappa shape index (κ3) is 1.21. The number of nitrogens with two attached hydrogens (primary N) is 1. The molecule has 0 radical (unpaired) electrons. The molecule has 4 N–H and O–H groups in total. The fraction of sp³-hybridized carbons (Fsp3) is 1.00. The van der Waals surface area contributed by atoms with Gasteiger partial charge in [-0.15, -0.1) is 0 Å². The minimum absolute atomic E-state index is 0.197. The smallest absolute Gasteiger partial charge is 0.109 e. The normalized spacial score (nSPS) is 43.7. The zero-order chi connectivity index (χ0) is 6.85. The van der Waals surface area contributed by atoms with E-state index in [0.29, 0.717) is 0 Å². The van der Waals surface area contributed by atoms with Gasteiger partial charge >= 0.3 is 0 Å². The standard InChI is InChI=1S/C5H11NO3/c6-1-4-5(8)3(7)2-9-4/h3-5,7-8H,1-2,6H2/t3-,4-,5+/m1/s1. The third-order valence-corrected chi connectivity index (χ3v) is 1.49. The van der Waals surface area contributed by atoms with Crippen molar-refractivity contribution in [3.8, 4) is 0 Å². The Balaban J connectivity index is 2.41. The third-order valence-electron chi connectivity index (χ3n) is 1.49. The molecule has 1 aliphatic heterocycles. The summed E-state index contributed by atoms with van der Waals surface area (Å²) in [6, 6.07) is 0. The van der Waals surface area contributed by atoms with Gasteiger partial charge in [0.2, 0.25) is 0 Å². The summed E-state index contributed by atoms with van der Waals surface area (Å²) in [5.41, 5.74) is 5.19. The Morgan fingerprint density at radius 2 is 2.22 bits per heavy atom. The first-order chi connectivity index (χ1) is 4.25. The van der Waals surface area contributed by atoms with Crippen LogP contribution in [0.4, 0.5) is 0 Å². The number of aliphatic hydroxyl groups excluding tert-OH is 2. The summed E-state index contributed by atoms with van der Waals surface area (Å²) in [6.45, 7) is 0.460. The van der Waals surface area contributed by atoms with Gasteiger partial charge in [-0.3, -0.25) is 0 Å². The van der Waals surface area contributed by atoms with E-state index in [2.05, 4.69) is 0 Å². The summed E-state index contributed by atoms with van der Waals surface area (Å²) >= 11 is 0. The van der Waals surface area contributed by atoms with E-state index >= 15 is 0 Å². The summed E-state index contributed by atoms with van der Waals surface area (Å²) in [6.07, 6.45) is -1.92. The predicted molar refractivity (Wildman–Crippen MR) is 30.8 cm³/mol. The lowest BCUT2D eigenvalue weighted by Crippen LogP contribution is -2.34. The Bertz CT molecular complexity index is 98.2. The van der Waals surface area contributed by atoms with Crippen LogP contribution in [0.3, 0.4) is 0 Å². The second-order valence-corrected chi connectivity index (χ2v) is 2.17. The molecular formula is C5H11NO3. The minimum atomic E-state index is -0.796. The molecule has 0 amide bonds. The van der Waals surface area contributed by atoms with Crippen molar-refractivity contribution >= 4 is 0 Å². The Hall–Kier alpha value is -0.160. The Kier molecular flexibility index (Phi) is 2.02. The van der Waals surface area contributed by atoms with Gasteiger partial charge in [-0.05, 0) is 0 Å². The van der Waals surface area contributed by atoms with Gasteiger partial charge in [0, 0.05) is 6.54 Å². The van der Waals surface area contributed by atoms with Crippen LogP contribution in [0.15, 0.2) is 0 Å². The molecule has 9 heavy (non-hydrogen) atoms. The van der Waals surface area contributed by atoms with Crippen LogP contribution >= 0.6 is 0 Å². The van der Waals surface area contributed by atoms with Crippen molar-refractivity contribution in [1.82, 2.24) is 0 Å². The van der Waals surface area contributed by atoms with Crippen molar-refractivity contribution in [3.63, 3.8) is 0 Å². The molecule has 3 atom stereocenters. The highest BCUT2D eigenvalue weighted by molar-refractivity contribution is 4.83. The Labute approximate surface area is 53.2 Å². The number of hydrogen-bond donors (Lipinski definition) is 3. The molecule has 0 aromatic carbocycles. The molecule has 0 aromatic heterocycles. The van der Waals surface area contributed by atoms with Crippen LogP contribution < -0.4 is 5.73 Å². The van der Waals surface area contributed by atoms with Crippen LogP contribution in [0, 0.1) is 0 Å². The van der Waals surface area contributed by atoms with Crippen molar-refractivity contribution < 1.29 is 14.9 Å². The first-order valence-corrected chi connectivity index (χ1v) is 2.93. The largest absolute Gasteiger partial charge is 0.388 e. The van der Waals surface area contributed by atoms with E-state index in [0.717, 1.165) is 0 Å². The highest BCUT2D eigenvalue weighted by atomic mass is 16.5. The lowest BCUT2D eigenvalue weighted by atomic mass is 10.1. The van der Waals surface area contributed by atoms with Crippen molar-refractivity contribution in [1.29, 1.82) is 0 Å². The van der Waals surface area contributed by atoms with Gasteiger partial charge in [0.25, 0.3) is 0 Å². The summed E-state index contributed by atoms with van der Waals surface area (Å²) in [5.74, 6) is 0. The first-order valence-electron chi connectivity index (χ1n) is 2.93. The molecule has 1 heterocycles. The van der Waals surface area contributed by atoms with Crippen molar-refractivity contribution in [3.05, 3.63) is 0 Å². The van der Waals surface area contributed by atoms with Gasteiger partial charge < -0.3 is 20.7 Å². The van der Waals surface area contributed by atoms with Crippen molar-refractivity contribution in [2.45, 2.75) is 18.3 Å². The SMILES string of the molecule is NC[C@H]1OC[C@@H](O)[C@@H]1O. The van der Waals surface area contributed by atoms with E-state index < -0.39 is 12.2 Å². The number of ether oxygens (including phenoxy) is 1. The molecule has 0 saturated carbocycles. The van der Waals surface area contributed by atoms with Gasteiger partial charge in [0.1, 0.15) is 12.2 Å². The van der Waals surface area contributed by atoms with Gasteiger partial charge in [-0.1, -0.05) is 0 Å². The maximum Gasteiger partial charge on any atom is 0.109 e. The topological polar surface area (TPSA) is 75.7 Å². The van der Waals surface area contributed by atoms with E-state index in [-0.39, 0.29) is 19.3 Å². The highest BCUT2D eigenvalue weighted by Gasteiger charge is 2.32. The van der Waals surface area contributed by atoms with E-state index in [1.54, 1.807) is 0 Å². The van der Waals surface area contributed by atoms with Gasteiger partial charge in [0.05, 0.1) is 12.7 Å². The molecule has 0 bridgehead atoms. The molecule has 1 aliphatic rings. The average Bonchev–Trinajstić information content (AvgIpc) is 2.15. The lowest BCUT2D eigenvalue weighted by Gasteiger charge is -2.10. The zero-order valence-electron chi connectivity index (χ0n) is 5.03. The molecule has 4 nitrogen and oxygen atoms in total. The second-order valence-electron chi connectivity index (χ2n) is 2.17. The lowest BCUT2D eigenvalue weighted by molar-refractivity contribution is 0.0276. The molecule has 0 aliphatic carbocycles. The predicted octanol–water partition coefficient (Wildman–Crippen LogP) is -1.93. The summed E-state index contributed by atoms with van der Waals surface area (Å²) in [7, 11) is 0. The summed E-state index contributed by atoms with van der Waals surface area (Å²) in [5, 5.41) is 17.9. The van der Waals surface area contributed by atoms with Crippen LogP contribution in [0.25, 0.3) is 0 Å². The molecule has 0 aromatic rings. The molecule has 1 rings (SSSR count). The van der Waals surface area contributed by atoms with Gasteiger partial charge in [-0.2, -0.15) is 0 Å². The fourth-order valence-electron chi connectivity index (χ4n) is 0.875. The molecule has 54 valence electrons. The van der Waals surface area contributed by atoms with Crippen molar-refractivity contribution in [2.24, 2.45) is 5.73 Å². The Morgan fingerprint density at radius 3 is 2.44 bits per heavy atom. The monoisotopic (exact) mass is 133 g/mol. The number of hydrogen-bond acceptors (Lipinski definition) is 4. The van der Waals surface area contributed by atoms with Gasteiger partial charge in [0.15, 0.2) is 0 Å². The molecule has 1 fully saturated rings. The molecular weight excluding hydrogens is 122 g/mol. The quantitative estimate of drug-likeness (QED) is 0.389. The fourth-order valence-corrected chi connectivity index (χ4v) is 0.875.